The molecular formula is C27H35N3O2. The molecule has 1 aliphatic heterocycles. The van der Waals surface area contributed by atoms with E-state index in [9.17, 15) is 9.59 Å². The van der Waals surface area contributed by atoms with Crippen molar-refractivity contribution < 1.29 is 9.59 Å². The molecule has 0 aliphatic carbocycles. The van der Waals surface area contributed by atoms with Crippen LogP contribution in [0.4, 0.5) is 0 Å². The quantitative estimate of drug-likeness (QED) is 0.632. The van der Waals surface area contributed by atoms with Gasteiger partial charge in [-0.2, -0.15) is 0 Å². The van der Waals surface area contributed by atoms with Crippen LogP contribution in [0, 0.1) is 19.8 Å². The highest BCUT2D eigenvalue weighted by Gasteiger charge is 2.43. The number of carbonyl (C=O) groups is 2. The molecule has 5 heteroatoms. The number of aliphatic imine (C=N–C) groups is 1. The Bertz CT molecular complexity index is 1000. The molecule has 1 aliphatic rings. The average Bonchev–Trinajstić information content (AvgIpc) is 2.88. The Labute approximate surface area is 191 Å². The number of carbonyl (C=O) groups excluding carboxylic acids is 2. The fourth-order valence-electron chi connectivity index (χ4n) is 4.60. The van der Waals surface area contributed by atoms with Crippen molar-refractivity contribution in [3.05, 3.63) is 70.3 Å². The zero-order chi connectivity index (χ0) is 23.5. The lowest BCUT2D eigenvalue weighted by Gasteiger charge is -2.23. The van der Waals surface area contributed by atoms with Crippen molar-refractivity contribution in [1.82, 2.24) is 4.90 Å². The highest BCUT2D eigenvalue weighted by molar-refractivity contribution is 6.06. The van der Waals surface area contributed by atoms with E-state index in [-0.39, 0.29) is 11.7 Å². The molecule has 1 heterocycles. The third-order valence-corrected chi connectivity index (χ3v) is 5.89. The minimum atomic E-state index is -0.769. The molecule has 5 nitrogen and oxygen atoms in total. The maximum absolute atomic E-state index is 12.9. The van der Waals surface area contributed by atoms with Gasteiger partial charge in [-0.05, 0) is 56.2 Å². The lowest BCUT2D eigenvalue weighted by atomic mass is 9.91. The molecule has 0 aromatic heterocycles. The van der Waals surface area contributed by atoms with Crippen molar-refractivity contribution in [1.29, 1.82) is 0 Å². The first-order valence-electron chi connectivity index (χ1n) is 11.4. The molecule has 2 aromatic rings. The van der Waals surface area contributed by atoms with Crippen molar-refractivity contribution >= 4 is 17.6 Å². The fraction of sp³-hybridized carbons (Fsp3) is 0.444. The van der Waals surface area contributed by atoms with Gasteiger partial charge in [-0.3, -0.25) is 14.5 Å². The van der Waals surface area contributed by atoms with Crippen LogP contribution in [0.5, 0.6) is 0 Å². The number of nitrogens with two attached hydrogens (primary N) is 1. The lowest BCUT2D eigenvalue weighted by molar-refractivity contribution is -0.131. The number of Topliss-reactive ketones (excluding diaryl/α,β-unsaturated/α-hetero) is 1. The molecular weight excluding hydrogens is 398 g/mol. The SMILES string of the molecule is Cc1cc(C)cc(CC(=O)CCc2ccc(CN3C(=O)C(C)(CC(C)C)N=C3N)cc2)c1. The predicted molar refractivity (Wildman–Crippen MR) is 129 cm³/mol. The van der Waals surface area contributed by atoms with Crippen LogP contribution in [0.1, 0.15) is 61.4 Å². The van der Waals surface area contributed by atoms with Crippen LogP contribution in [-0.4, -0.2) is 28.1 Å². The van der Waals surface area contributed by atoms with E-state index >= 15 is 0 Å². The minimum Gasteiger partial charge on any atom is -0.369 e. The van der Waals surface area contributed by atoms with Gasteiger partial charge in [0.15, 0.2) is 5.96 Å². The first-order chi connectivity index (χ1) is 15.1. The van der Waals surface area contributed by atoms with Crippen molar-refractivity contribution in [3.63, 3.8) is 0 Å². The van der Waals surface area contributed by atoms with Crippen LogP contribution in [0.2, 0.25) is 0 Å². The van der Waals surface area contributed by atoms with E-state index in [0.717, 1.165) is 16.7 Å². The van der Waals surface area contributed by atoms with Gasteiger partial charge in [0.25, 0.3) is 5.91 Å². The molecule has 3 rings (SSSR count). The Morgan fingerprint density at radius 1 is 1.03 bits per heavy atom. The van der Waals surface area contributed by atoms with Gasteiger partial charge < -0.3 is 5.73 Å². The maximum Gasteiger partial charge on any atom is 0.257 e. The molecule has 0 bridgehead atoms. The van der Waals surface area contributed by atoms with E-state index < -0.39 is 5.54 Å². The van der Waals surface area contributed by atoms with Crippen LogP contribution >= 0.6 is 0 Å². The molecule has 1 amide bonds. The third kappa shape index (κ3) is 5.84. The number of amides is 1. The predicted octanol–water partition coefficient (Wildman–Crippen LogP) is 4.51. The largest absolute Gasteiger partial charge is 0.369 e. The molecule has 1 atom stereocenters. The smallest absolute Gasteiger partial charge is 0.257 e. The number of aryl methyl sites for hydroxylation is 3. The van der Waals surface area contributed by atoms with Crippen molar-refractivity contribution in [2.24, 2.45) is 16.6 Å². The van der Waals surface area contributed by atoms with E-state index in [4.69, 9.17) is 5.73 Å². The summed E-state index contributed by atoms with van der Waals surface area (Å²) in [7, 11) is 0. The number of ketones is 1. The molecule has 170 valence electrons. The van der Waals surface area contributed by atoms with Crippen LogP contribution in [0.3, 0.4) is 0 Å². The van der Waals surface area contributed by atoms with Crippen LogP contribution in [-0.2, 0) is 29.0 Å². The average molecular weight is 434 g/mol. The van der Waals surface area contributed by atoms with E-state index in [1.807, 2.05) is 31.2 Å². The van der Waals surface area contributed by atoms with Gasteiger partial charge in [0.2, 0.25) is 0 Å². The first-order valence-corrected chi connectivity index (χ1v) is 11.4. The summed E-state index contributed by atoms with van der Waals surface area (Å²) >= 11 is 0. The van der Waals surface area contributed by atoms with Crippen LogP contribution in [0.15, 0.2) is 47.5 Å². The minimum absolute atomic E-state index is 0.0373. The Morgan fingerprint density at radius 2 is 1.62 bits per heavy atom. The normalized spacial score (nSPS) is 18.4. The summed E-state index contributed by atoms with van der Waals surface area (Å²) in [5.74, 6) is 0.858. The molecule has 0 fully saturated rings. The van der Waals surface area contributed by atoms with Gasteiger partial charge in [-0.1, -0.05) is 67.4 Å². The van der Waals surface area contributed by atoms with Crippen LogP contribution < -0.4 is 5.73 Å². The van der Waals surface area contributed by atoms with E-state index in [2.05, 4.69) is 50.9 Å². The van der Waals surface area contributed by atoms with Gasteiger partial charge in [-0.25, -0.2) is 4.99 Å². The first kappa shape index (κ1) is 23.7. The molecule has 0 saturated carbocycles. The summed E-state index contributed by atoms with van der Waals surface area (Å²) in [6, 6.07) is 14.3. The van der Waals surface area contributed by atoms with Gasteiger partial charge in [0.05, 0.1) is 6.54 Å². The summed E-state index contributed by atoms with van der Waals surface area (Å²) in [5.41, 5.74) is 10.9. The molecule has 2 aromatic carbocycles. The third-order valence-electron chi connectivity index (χ3n) is 5.89. The monoisotopic (exact) mass is 433 g/mol. The second kappa shape index (κ2) is 9.68. The second-order valence-electron chi connectivity index (χ2n) is 9.76. The van der Waals surface area contributed by atoms with Crippen molar-refractivity contribution in [2.45, 2.75) is 72.4 Å². The van der Waals surface area contributed by atoms with E-state index in [0.29, 0.717) is 44.1 Å². The summed E-state index contributed by atoms with van der Waals surface area (Å²) in [4.78, 5) is 31.4. The lowest BCUT2D eigenvalue weighted by Crippen LogP contribution is -2.43. The zero-order valence-electron chi connectivity index (χ0n) is 19.9. The Hall–Kier alpha value is -2.95. The topological polar surface area (TPSA) is 75.8 Å². The van der Waals surface area contributed by atoms with Crippen molar-refractivity contribution in [2.75, 3.05) is 0 Å². The van der Waals surface area contributed by atoms with Gasteiger partial charge in [0.1, 0.15) is 11.3 Å². The molecule has 0 radical (unpaired) electrons. The molecule has 1 unspecified atom stereocenters. The Kier molecular flexibility index (Phi) is 7.17. The zero-order valence-corrected chi connectivity index (χ0v) is 19.9. The highest BCUT2D eigenvalue weighted by atomic mass is 16.2. The second-order valence-corrected chi connectivity index (χ2v) is 9.76. The Morgan fingerprint density at radius 3 is 2.22 bits per heavy atom. The molecule has 2 N–H and O–H groups in total. The molecule has 0 spiro atoms. The summed E-state index contributed by atoms with van der Waals surface area (Å²) in [5, 5.41) is 0. The highest BCUT2D eigenvalue weighted by Crippen LogP contribution is 2.29. The number of benzene rings is 2. The number of nitrogens with zero attached hydrogens (tertiary/aromatic N) is 2. The van der Waals surface area contributed by atoms with Crippen LogP contribution in [0.25, 0.3) is 0 Å². The summed E-state index contributed by atoms with van der Waals surface area (Å²) < 4.78 is 0. The fourth-order valence-corrected chi connectivity index (χ4v) is 4.60. The van der Waals surface area contributed by atoms with Gasteiger partial charge >= 0.3 is 0 Å². The standard InChI is InChI=1S/C27H35N3O2/c1-18(2)16-27(5)25(32)30(26(28)29-27)17-22-8-6-21(7-9-22)10-11-24(31)15-23-13-19(3)12-20(4)14-23/h6-9,12-14,18H,10-11,15-17H2,1-5H3,(H2,28,29). The summed E-state index contributed by atoms with van der Waals surface area (Å²) in [6.07, 6.45) is 2.39. The van der Waals surface area contributed by atoms with Crippen molar-refractivity contribution in [3.8, 4) is 0 Å². The number of hydrogen-bond acceptors (Lipinski definition) is 4. The number of hydrogen-bond donors (Lipinski definition) is 1. The molecule has 0 saturated heterocycles. The number of guanidine groups is 1. The Balaban J connectivity index is 1.54. The number of rotatable bonds is 9. The van der Waals surface area contributed by atoms with Gasteiger partial charge in [-0.15, -0.1) is 0 Å². The summed E-state index contributed by atoms with van der Waals surface area (Å²) in [6.45, 7) is 10.6. The van der Waals surface area contributed by atoms with E-state index in [1.165, 1.54) is 11.1 Å². The molecule has 32 heavy (non-hydrogen) atoms. The van der Waals surface area contributed by atoms with E-state index in [1.54, 1.807) is 4.90 Å². The van der Waals surface area contributed by atoms with Gasteiger partial charge in [0, 0.05) is 12.8 Å². The maximum atomic E-state index is 12.9.